The minimum Gasteiger partial charge on any atom is -0.348 e. The van der Waals surface area contributed by atoms with Crippen LogP contribution in [-0.2, 0) is 9.59 Å². The van der Waals surface area contributed by atoms with E-state index in [-0.39, 0.29) is 23.1 Å². The second-order valence-corrected chi connectivity index (χ2v) is 8.45. The van der Waals surface area contributed by atoms with Crippen LogP contribution in [-0.4, -0.2) is 108 Å². The van der Waals surface area contributed by atoms with Crippen LogP contribution in [0.3, 0.4) is 0 Å². The van der Waals surface area contributed by atoms with Crippen LogP contribution < -0.4 is 0 Å². The van der Waals surface area contributed by atoms with Crippen molar-refractivity contribution in [3.05, 3.63) is 0 Å². The lowest BCUT2D eigenvalue weighted by Crippen LogP contribution is -2.61. The third-order valence-corrected chi connectivity index (χ3v) is 6.14. The highest BCUT2D eigenvalue weighted by Crippen LogP contribution is 2.26. The summed E-state index contributed by atoms with van der Waals surface area (Å²) in [6, 6.07) is -0.105. The number of carbonyl (C=O) groups excluding carboxylic acids is 2. The molecule has 2 amide bonds. The summed E-state index contributed by atoms with van der Waals surface area (Å²) in [4.78, 5) is 28.0. The average Bonchev–Trinajstić information content (AvgIpc) is 2.53. The second kappa shape index (κ2) is 7.90. The first-order valence-corrected chi connectivity index (χ1v) is 9.75. The molecule has 6 nitrogen and oxygen atoms in total. The minimum absolute atomic E-state index is 0.0339. The highest BCUT2D eigenvalue weighted by molar-refractivity contribution is 8.00. The van der Waals surface area contributed by atoms with Crippen molar-refractivity contribution in [2.45, 2.75) is 11.3 Å². The van der Waals surface area contributed by atoms with Gasteiger partial charge in [0, 0.05) is 65.1 Å². The molecule has 0 aromatic carbocycles. The Balaban J connectivity index is 2.07. The zero-order valence-electron chi connectivity index (χ0n) is 13.8. The van der Waals surface area contributed by atoms with Crippen molar-refractivity contribution in [1.29, 1.82) is 0 Å². The molecule has 2 aliphatic heterocycles. The van der Waals surface area contributed by atoms with Gasteiger partial charge in [-0.25, -0.2) is 10.0 Å². The molecule has 2 saturated heterocycles. The topological polar surface area (TPSA) is 47.1 Å². The standard InChI is InChI=1S/C14H26N4O2S2/c1-15(2)13(19)11-10-21-7-6-18(11)17-5-8-22-12(9-17)14(20)16(3)4/h11-12H,5-10H2,1-4H3. The van der Waals surface area contributed by atoms with Gasteiger partial charge in [0.1, 0.15) is 6.04 Å². The van der Waals surface area contributed by atoms with E-state index in [9.17, 15) is 9.59 Å². The zero-order chi connectivity index (χ0) is 16.3. The van der Waals surface area contributed by atoms with E-state index >= 15 is 0 Å². The van der Waals surface area contributed by atoms with Crippen LogP contribution in [0.4, 0.5) is 0 Å². The lowest BCUT2D eigenvalue weighted by atomic mass is 10.2. The molecule has 126 valence electrons. The highest BCUT2D eigenvalue weighted by Gasteiger charge is 2.37. The normalized spacial score (nSPS) is 27.5. The Hall–Kier alpha value is -0.440. The van der Waals surface area contributed by atoms with E-state index in [1.807, 2.05) is 25.9 Å². The largest absolute Gasteiger partial charge is 0.348 e. The van der Waals surface area contributed by atoms with Crippen molar-refractivity contribution in [2.75, 3.05) is 65.1 Å². The van der Waals surface area contributed by atoms with Gasteiger partial charge in [-0.05, 0) is 0 Å². The number of rotatable bonds is 3. The molecule has 2 unspecified atom stereocenters. The number of hydrogen-bond acceptors (Lipinski definition) is 6. The van der Waals surface area contributed by atoms with Crippen molar-refractivity contribution in [2.24, 2.45) is 0 Å². The predicted molar refractivity (Wildman–Crippen MR) is 93.0 cm³/mol. The van der Waals surface area contributed by atoms with Crippen LogP contribution in [0.15, 0.2) is 0 Å². The molecule has 0 saturated carbocycles. The molecule has 0 aromatic heterocycles. The van der Waals surface area contributed by atoms with E-state index in [2.05, 4.69) is 10.0 Å². The van der Waals surface area contributed by atoms with Gasteiger partial charge in [0.05, 0.1) is 5.25 Å². The summed E-state index contributed by atoms with van der Waals surface area (Å²) < 4.78 is 0. The van der Waals surface area contributed by atoms with E-state index in [0.717, 1.165) is 30.3 Å². The van der Waals surface area contributed by atoms with E-state index in [0.29, 0.717) is 6.54 Å². The minimum atomic E-state index is -0.105. The van der Waals surface area contributed by atoms with Crippen LogP contribution in [0.2, 0.25) is 0 Å². The number of amides is 2. The van der Waals surface area contributed by atoms with Crippen LogP contribution in [0.5, 0.6) is 0 Å². The number of hydrogen-bond donors (Lipinski definition) is 0. The molecule has 2 rings (SSSR count). The molecule has 2 aliphatic rings. The summed E-state index contributed by atoms with van der Waals surface area (Å²) in [6.45, 7) is 2.48. The smallest absolute Gasteiger partial charge is 0.241 e. The Morgan fingerprint density at radius 2 is 1.68 bits per heavy atom. The van der Waals surface area contributed by atoms with E-state index in [1.165, 1.54) is 0 Å². The monoisotopic (exact) mass is 346 g/mol. The zero-order valence-corrected chi connectivity index (χ0v) is 15.5. The van der Waals surface area contributed by atoms with Crippen molar-refractivity contribution in [1.82, 2.24) is 19.8 Å². The second-order valence-electron chi connectivity index (χ2n) is 5.99. The number of likely N-dealkylation sites (N-methyl/N-ethyl adjacent to an activating group) is 1. The fourth-order valence-corrected chi connectivity index (χ4v) is 4.99. The third-order valence-electron chi connectivity index (χ3n) is 3.95. The van der Waals surface area contributed by atoms with Gasteiger partial charge in [0.2, 0.25) is 11.8 Å². The maximum absolute atomic E-state index is 12.4. The van der Waals surface area contributed by atoms with E-state index in [4.69, 9.17) is 0 Å². The lowest BCUT2D eigenvalue weighted by molar-refractivity contribution is -0.144. The summed E-state index contributed by atoms with van der Waals surface area (Å²) >= 11 is 3.56. The summed E-state index contributed by atoms with van der Waals surface area (Å²) in [5.41, 5.74) is 0. The van der Waals surface area contributed by atoms with Crippen LogP contribution >= 0.6 is 23.5 Å². The van der Waals surface area contributed by atoms with Crippen molar-refractivity contribution in [3.8, 4) is 0 Å². The predicted octanol–water partition coefficient (Wildman–Crippen LogP) is -0.0874. The number of thioether (sulfide) groups is 2. The molecule has 0 aromatic rings. The Morgan fingerprint density at radius 3 is 2.32 bits per heavy atom. The van der Waals surface area contributed by atoms with Gasteiger partial charge in [-0.3, -0.25) is 9.59 Å². The number of nitrogens with zero attached hydrogens (tertiary/aromatic N) is 4. The van der Waals surface area contributed by atoms with Gasteiger partial charge in [0.15, 0.2) is 0 Å². The first-order chi connectivity index (χ1) is 10.4. The van der Waals surface area contributed by atoms with Crippen LogP contribution in [0.25, 0.3) is 0 Å². The molecule has 2 atom stereocenters. The lowest BCUT2D eigenvalue weighted by Gasteiger charge is -2.45. The summed E-state index contributed by atoms with van der Waals surface area (Å²) in [5.74, 6) is 3.11. The molecular weight excluding hydrogens is 320 g/mol. The van der Waals surface area contributed by atoms with Gasteiger partial charge < -0.3 is 9.80 Å². The Labute approximate surface area is 141 Å². The van der Waals surface area contributed by atoms with Crippen molar-refractivity contribution < 1.29 is 9.59 Å². The summed E-state index contributed by atoms with van der Waals surface area (Å²) in [7, 11) is 7.23. The molecular formula is C14H26N4O2S2. The average molecular weight is 347 g/mol. The molecule has 22 heavy (non-hydrogen) atoms. The van der Waals surface area contributed by atoms with E-state index < -0.39 is 0 Å². The van der Waals surface area contributed by atoms with Gasteiger partial charge in [-0.1, -0.05) is 0 Å². The molecule has 0 radical (unpaired) electrons. The van der Waals surface area contributed by atoms with Crippen molar-refractivity contribution >= 4 is 35.3 Å². The van der Waals surface area contributed by atoms with Gasteiger partial charge in [-0.15, -0.1) is 11.8 Å². The number of hydrazine groups is 1. The maximum atomic E-state index is 12.4. The molecule has 0 N–H and O–H groups in total. The fraction of sp³-hybridized carbons (Fsp3) is 0.857. The van der Waals surface area contributed by atoms with Crippen LogP contribution in [0.1, 0.15) is 0 Å². The van der Waals surface area contributed by atoms with Crippen molar-refractivity contribution in [3.63, 3.8) is 0 Å². The molecule has 2 heterocycles. The molecule has 2 fully saturated rings. The Bertz CT molecular complexity index is 420. The molecule has 0 bridgehead atoms. The third kappa shape index (κ3) is 4.10. The SMILES string of the molecule is CN(C)C(=O)C1CN(N2CCSCC2C(=O)N(C)C)CCS1. The summed E-state index contributed by atoms with van der Waals surface area (Å²) in [5, 5.41) is 4.40. The summed E-state index contributed by atoms with van der Waals surface area (Å²) in [6.07, 6.45) is 0. The van der Waals surface area contributed by atoms with Gasteiger partial charge in [0.25, 0.3) is 0 Å². The van der Waals surface area contributed by atoms with Crippen LogP contribution in [0, 0.1) is 0 Å². The first kappa shape index (κ1) is 17.9. The maximum Gasteiger partial charge on any atom is 0.241 e. The quantitative estimate of drug-likeness (QED) is 0.712. The van der Waals surface area contributed by atoms with E-state index in [1.54, 1.807) is 35.7 Å². The molecule has 8 heteroatoms. The Morgan fingerprint density at radius 1 is 1.00 bits per heavy atom. The molecule has 0 aliphatic carbocycles. The Kier molecular flexibility index (Phi) is 6.43. The first-order valence-electron chi connectivity index (χ1n) is 7.55. The van der Waals surface area contributed by atoms with Gasteiger partial charge >= 0.3 is 0 Å². The highest BCUT2D eigenvalue weighted by atomic mass is 32.2. The fourth-order valence-electron chi connectivity index (χ4n) is 2.74. The molecule has 0 spiro atoms. The van der Waals surface area contributed by atoms with Gasteiger partial charge in [-0.2, -0.15) is 11.8 Å². The number of carbonyl (C=O) groups is 2.